The van der Waals surface area contributed by atoms with Gasteiger partial charge < -0.3 is 10.6 Å². The summed E-state index contributed by atoms with van der Waals surface area (Å²) >= 11 is 0. The number of nitrogens with two attached hydrogens (primary N) is 1. The van der Waals surface area contributed by atoms with E-state index >= 15 is 0 Å². The van der Waals surface area contributed by atoms with E-state index in [1.807, 2.05) is 18.2 Å². The molecule has 20 heavy (non-hydrogen) atoms. The average molecular weight is 295 g/mol. The summed E-state index contributed by atoms with van der Waals surface area (Å²) in [6.07, 6.45) is 0. The SMILES string of the molecule is NC1CS(=O)(=O)CC1N1CCN(c2ccccc2)CC1. The first-order chi connectivity index (χ1) is 9.55. The Hall–Kier alpha value is -1.11. The monoisotopic (exact) mass is 295 g/mol. The third kappa shape index (κ3) is 2.82. The lowest BCUT2D eigenvalue weighted by molar-refractivity contribution is 0.187. The van der Waals surface area contributed by atoms with Crippen molar-refractivity contribution in [3.8, 4) is 0 Å². The third-order valence-corrected chi connectivity index (χ3v) is 6.01. The predicted molar refractivity (Wildman–Crippen MR) is 80.6 cm³/mol. The van der Waals surface area contributed by atoms with Crippen LogP contribution >= 0.6 is 0 Å². The number of para-hydroxylation sites is 1. The topological polar surface area (TPSA) is 66.6 Å². The molecule has 2 aliphatic heterocycles. The molecular formula is C14H21N3O2S. The van der Waals surface area contributed by atoms with Gasteiger partial charge in [0, 0.05) is 44.0 Å². The third-order valence-electron chi connectivity index (χ3n) is 4.27. The van der Waals surface area contributed by atoms with Gasteiger partial charge in [-0.3, -0.25) is 4.90 Å². The maximum Gasteiger partial charge on any atom is 0.153 e. The van der Waals surface area contributed by atoms with Gasteiger partial charge in [0.25, 0.3) is 0 Å². The minimum absolute atomic E-state index is 0.00192. The maximum atomic E-state index is 11.7. The van der Waals surface area contributed by atoms with E-state index in [1.54, 1.807) is 0 Å². The highest BCUT2D eigenvalue weighted by Gasteiger charge is 2.39. The zero-order valence-corrected chi connectivity index (χ0v) is 12.3. The van der Waals surface area contributed by atoms with E-state index < -0.39 is 9.84 Å². The lowest BCUT2D eigenvalue weighted by Crippen LogP contribution is -2.55. The number of benzene rings is 1. The normalized spacial score (nSPS) is 30.6. The summed E-state index contributed by atoms with van der Waals surface area (Å²) in [5.74, 6) is 0.357. The van der Waals surface area contributed by atoms with Crippen molar-refractivity contribution in [3.63, 3.8) is 0 Å². The van der Waals surface area contributed by atoms with Crippen molar-refractivity contribution in [2.24, 2.45) is 5.73 Å². The van der Waals surface area contributed by atoms with E-state index in [2.05, 4.69) is 21.9 Å². The second-order valence-electron chi connectivity index (χ2n) is 5.67. The molecular weight excluding hydrogens is 274 g/mol. The van der Waals surface area contributed by atoms with Gasteiger partial charge in [0.1, 0.15) is 0 Å². The molecule has 2 aliphatic rings. The Labute approximate surface area is 120 Å². The van der Waals surface area contributed by atoms with Crippen LogP contribution in [0.2, 0.25) is 0 Å². The van der Waals surface area contributed by atoms with Crippen LogP contribution in [-0.2, 0) is 9.84 Å². The van der Waals surface area contributed by atoms with E-state index in [1.165, 1.54) is 5.69 Å². The second-order valence-corrected chi connectivity index (χ2v) is 7.82. The Balaban J connectivity index is 1.62. The molecule has 0 saturated carbocycles. The summed E-state index contributed by atoms with van der Waals surface area (Å²) < 4.78 is 23.3. The molecule has 2 N–H and O–H groups in total. The highest BCUT2D eigenvalue weighted by atomic mass is 32.2. The van der Waals surface area contributed by atoms with Crippen molar-refractivity contribution in [2.75, 3.05) is 42.6 Å². The second kappa shape index (κ2) is 5.35. The summed E-state index contributed by atoms with van der Waals surface area (Å²) in [6, 6.07) is 10.1. The highest BCUT2D eigenvalue weighted by Crippen LogP contribution is 2.21. The summed E-state index contributed by atoms with van der Waals surface area (Å²) in [6.45, 7) is 3.60. The number of hydrogen-bond donors (Lipinski definition) is 1. The van der Waals surface area contributed by atoms with Gasteiger partial charge in [0.15, 0.2) is 9.84 Å². The Kier molecular flexibility index (Phi) is 3.70. The number of sulfone groups is 1. The summed E-state index contributed by atoms with van der Waals surface area (Å²) in [5, 5.41) is 0. The molecule has 2 atom stereocenters. The van der Waals surface area contributed by atoms with Crippen molar-refractivity contribution in [3.05, 3.63) is 30.3 Å². The van der Waals surface area contributed by atoms with Crippen molar-refractivity contribution < 1.29 is 8.42 Å². The van der Waals surface area contributed by atoms with Crippen LogP contribution < -0.4 is 10.6 Å². The quantitative estimate of drug-likeness (QED) is 0.827. The largest absolute Gasteiger partial charge is 0.369 e. The molecule has 1 aromatic rings. The average Bonchev–Trinajstić information content (AvgIpc) is 2.73. The highest BCUT2D eigenvalue weighted by molar-refractivity contribution is 7.91. The van der Waals surface area contributed by atoms with E-state index in [9.17, 15) is 8.42 Å². The first-order valence-electron chi connectivity index (χ1n) is 7.05. The molecule has 0 radical (unpaired) electrons. The van der Waals surface area contributed by atoms with Crippen LogP contribution in [0.3, 0.4) is 0 Å². The number of rotatable bonds is 2. The van der Waals surface area contributed by atoms with Crippen LogP contribution in [-0.4, -0.2) is 63.1 Å². The van der Waals surface area contributed by atoms with Gasteiger partial charge in [0.2, 0.25) is 0 Å². The molecule has 0 aliphatic carbocycles. The Morgan fingerprint density at radius 2 is 1.65 bits per heavy atom. The maximum absolute atomic E-state index is 11.7. The molecule has 5 nitrogen and oxygen atoms in total. The van der Waals surface area contributed by atoms with Crippen LogP contribution in [0, 0.1) is 0 Å². The fourth-order valence-corrected chi connectivity index (χ4v) is 5.11. The number of anilines is 1. The van der Waals surface area contributed by atoms with Crippen molar-refractivity contribution in [2.45, 2.75) is 12.1 Å². The van der Waals surface area contributed by atoms with Gasteiger partial charge in [-0.25, -0.2) is 8.42 Å². The fourth-order valence-electron chi connectivity index (χ4n) is 3.18. The molecule has 2 heterocycles. The van der Waals surface area contributed by atoms with Gasteiger partial charge in [-0.1, -0.05) is 18.2 Å². The number of piperazine rings is 1. The lowest BCUT2D eigenvalue weighted by Gasteiger charge is -2.39. The Morgan fingerprint density at radius 3 is 2.20 bits per heavy atom. The zero-order chi connectivity index (χ0) is 14.2. The van der Waals surface area contributed by atoms with Gasteiger partial charge in [-0.2, -0.15) is 0 Å². The molecule has 0 amide bonds. The first kappa shape index (κ1) is 13.9. The van der Waals surface area contributed by atoms with E-state index in [4.69, 9.17) is 5.73 Å². The molecule has 1 aromatic carbocycles. The van der Waals surface area contributed by atoms with Gasteiger partial charge in [-0.05, 0) is 12.1 Å². The summed E-state index contributed by atoms with van der Waals surface area (Å²) in [4.78, 5) is 4.58. The molecule has 2 saturated heterocycles. The minimum Gasteiger partial charge on any atom is -0.369 e. The van der Waals surface area contributed by atoms with Gasteiger partial charge >= 0.3 is 0 Å². The zero-order valence-electron chi connectivity index (χ0n) is 11.5. The predicted octanol–water partition coefficient (Wildman–Crippen LogP) is -0.0671. The standard InChI is InChI=1S/C14H21N3O2S/c15-13-10-20(18,19)11-14(13)17-8-6-16(7-9-17)12-4-2-1-3-5-12/h1-5,13-14H,6-11,15H2. The van der Waals surface area contributed by atoms with Crippen molar-refractivity contribution >= 4 is 15.5 Å². The molecule has 0 bridgehead atoms. The number of nitrogens with zero attached hydrogens (tertiary/aromatic N) is 2. The van der Waals surface area contributed by atoms with Crippen LogP contribution in [0.25, 0.3) is 0 Å². The summed E-state index contributed by atoms with van der Waals surface area (Å²) in [5.41, 5.74) is 7.23. The van der Waals surface area contributed by atoms with Crippen LogP contribution in [0.1, 0.15) is 0 Å². The van der Waals surface area contributed by atoms with E-state index in [0.29, 0.717) is 0 Å². The van der Waals surface area contributed by atoms with Crippen LogP contribution in [0.5, 0.6) is 0 Å². The van der Waals surface area contributed by atoms with Crippen molar-refractivity contribution in [1.29, 1.82) is 0 Å². The first-order valence-corrected chi connectivity index (χ1v) is 8.87. The van der Waals surface area contributed by atoms with Gasteiger partial charge in [0.05, 0.1) is 11.5 Å². The van der Waals surface area contributed by atoms with Gasteiger partial charge in [-0.15, -0.1) is 0 Å². The molecule has 0 spiro atoms. The molecule has 0 aromatic heterocycles. The smallest absolute Gasteiger partial charge is 0.153 e. The molecule has 2 unspecified atom stereocenters. The van der Waals surface area contributed by atoms with E-state index in [0.717, 1.165) is 26.2 Å². The van der Waals surface area contributed by atoms with Crippen LogP contribution in [0.4, 0.5) is 5.69 Å². The molecule has 2 fully saturated rings. The molecule has 6 heteroatoms. The summed E-state index contributed by atoms with van der Waals surface area (Å²) in [7, 11) is -2.94. The fraction of sp³-hybridized carbons (Fsp3) is 0.571. The van der Waals surface area contributed by atoms with E-state index in [-0.39, 0.29) is 23.6 Å². The number of hydrogen-bond acceptors (Lipinski definition) is 5. The Morgan fingerprint density at radius 1 is 1.00 bits per heavy atom. The van der Waals surface area contributed by atoms with Crippen molar-refractivity contribution in [1.82, 2.24) is 4.90 Å². The molecule has 3 rings (SSSR count). The lowest BCUT2D eigenvalue weighted by atomic mass is 10.1. The van der Waals surface area contributed by atoms with Crippen LogP contribution in [0.15, 0.2) is 30.3 Å². The Bertz CT molecular complexity index is 553. The molecule has 110 valence electrons. The minimum atomic E-state index is -2.94.